The molecule has 8 heteroatoms. The summed E-state index contributed by atoms with van der Waals surface area (Å²) < 4.78 is 18.8. The van der Waals surface area contributed by atoms with Crippen LogP contribution in [0, 0.1) is 17.2 Å². The van der Waals surface area contributed by atoms with Crippen LogP contribution in [0.2, 0.25) is 5.02 Å². The Labute approximate surface area is 168 Å². The molecule has 1 saturated heterocycles. The maximum atomic E-state index is 13.8. The molecule has 1 spiro atoms. The highest BCUT2D eigenvalue weighted by Crippen LogP contribution is 2.46. The molecule has 0 unspecified atom stereocenters. The standard InChI is InChI=1S/C20H24ClFN2O4/c1-12-7-19(2,3)11-20(8-12)17(26)24(18(27)23-20)9-16(25)28-10-13-14(21)5-4-6-15(13)22/h4-6,12H,7-11H2,1-3H3,(H,23,27)/t12-,20+/m1/s1. The molecule has 1 heterocycles. The lowest BCUT2D eigenvalue weighted by molar-refractivity contribution is -0.149. The summed E-state index contributed by atoms with van der Waals surface area (Å²) in [6.45, 7) is 5.30. The molecule has 1 aliphatic heterocycles. The number of hydrogen-bond donors (Lipinski definition) is 1. The molecule has 2 aliphatic rings. The van der Waals surface area contributed by atoms with E-state index in [2.05, 4.69) is 26.1 Å². The van der Waals surface area contributed by atoms with Crippen LogP contribution in [0.15, 0.2) is 18.2 Å². The zero-order valence-electron chi connectivity index (χ0n) is 16.2. The maximum absolute atomic E-state index is 13.8. The molecule has 1 aromatic rings. The quantitative estimate of drug-likeness (QED) is 0.607. The van der Waals surface area contributed by atoms with Crippen molar-refractivity contribution in [2.75, 3.05) is 6.54 Å². The molecule has 0 radical (unpaired) electrons. The van der Waals surface area contributed by atoms with E-state index in [1.165, 1.54) is 18.2 Å². The molecule has 1 aliphatic carbocycles. The topological polar surface area (TPSA) is 75.7 Å². The number of esters is 1. The van der Waals surface area contributed by atoms with Gasteiger partial charge in [0.1, 0.15) is 24.5 Å². The first-order valence-electron chi connectivity index (χ1n) is 9.26. The third kappa shape index (κ3) is 3.99. The predicted molar refractivity (Wildman–Crippen MR) is 101 cm³/mol. The number of benzene rings is 1. The maximum Gasteiger partial charge on any atom is 0.326 e. The van der Waals surface area contributed by atoms with Crippen molar-refractivity contribution in [2.24, 2.45) is 11.3 Å². The van der Waals surface area contributed by atoms with Crippen molar-refractivity contribution in [3.05, 3.63) is 34.6 Å². The van der Waals surface area contributed by atoms with Crippen molar-refractivity contribution in [2.45, 2.75) is 52.2 Å². The van der Waals surface area contributed by atoms with Crippen LogP contribution in [-0.2, 0) is 20.9 Å². The Morgan fingerprint density at radius 1 is 1.36 bits per heavy atom. The third-order valence-electron chi connectivity index (χ3n) is 5.35. The van der Waals surface area contributed by atoms with Crippen LogP contribution < -0.4 is 5.32 Å². The number of imide groups is 1. The molecule has 1 saturated carbocycles. The summed E-state index contributed by atoms with van der Waals surface area (Å²) in [5, 5.41) is 2.94. The van der Waals surface area contributed by atoms with Gasteiger partial charge in [-0.3, -0.25) is 14.5 Å². The zero-order valence-corrected chi connectivity index (χ0v) is 16.9. The minimum Gasteiger partial charge on any atom is -0.459 e. The number of nitrogens with one attached hydrogen (secondary N) is 1. The molecule has 2 fully saturated rings. The number of halogens is 2. The van der Waals surface area contributed by atoms with Crippen LogP contribution in [0.5, 0.6) is 0 Å². The van der Waals surface area contributed by atoms with Crippen LogP contribution in [0.3, 0.4) is 0 Å². The van der Waals surface area contributed by atoms with E-state index in [4.69, 9.17) is 16.3 Å². The molecular weight excluding hydrogens is 387 g/mol. The Balaban J connectivity index is 1.67. The average molecular weight is 411 g/mol. The van der Waals surface area contributed by atoms with Crippen LogP contribution in [0.1, 0.15) is 45.6 Å². The van der Waals surface area contributed by atoms with Crippen LogP contribution in [0.25, 0.3) is 0 Å². The van der Waals surface area contributed by atoms with Gasteiger partial charge in [-0.25, -0.2) is 9.18 Å². The summed E-state index contributed by atoms with van der Waals surface area (Å²) in [7, 11) is 0. The van der Waals surface area contributed by atoms with Crippen molar-refractivity contribution in [3.63, 3.8) is 0 Å². The minimum absolute atomic E-state index is 0.0500. The number of carbonyl (C=O) groups is 3. The second-order valence-electron chi connectivity index (χ2n) is 8.62. The van der Waals surface area contributed by atoms with Gasteiger partial charge in [0, 0.05) is 5.56 Å². The summed E-state index contributed by atoms with van der Waals surface area (Å²) in [4.78, 5) is 38.5. The summed E-state index contributed by atoms with van der Waals surface area (Å²) in [5.74, 6) is -1.53. The molecule has 0 bridgehead atoms. The molecular formula is C20H24ClFN2O4. The Morgan fingerprint density at radius 3 is 2.71 bits per heavy atom. The van der Waals surface area contributed by atoms with E-state index in [1.807, 2.05) is 0 Å². The summed E-state index contributed by atoms with van der Waals surface area (Å²) in [6.07, 6.45) is 2.02. The number of ether oxygens (including phenoxy) is 1. The van der Waals surface area contributed by atoms with Gasteiger partial charge in [0.25, 0.3) is 5.91 Å². The Bertz CT molecular complexity index is 808. The SMILES string of the molecule is C[C@@H]1CC(C)(C)C[C@]2(C1)NC(=O)N(CC(=O)OCc1c(F)cccc1Cl)C2=O. The van der Waals surface area contributed by atoms with Gasteiger partial charge in [-0.05, 0) is 42.7 Å². The Kier molecular flexibility index (Phi) is 5.40. The van der Waals surface area contributed by atoms with Crippen molar-refractivity contribution < 1.29 is 23.5 Å². The average Bonchev–Trinajstić information content (AvgIpc) is 2.76. The second-order valence-corrected chi connectivity index (χ2v) is 9.03. The van der Waals surface area contributed by atoms with Gasteiger partial charge in [-0.2, -0.15) is 0 Å². The normalized spacial score (nSPS) is 26.5. The number of urea groups is 1. The fraction of sp³-hybridized carbons (Fsp3) is 0.550. The molecule has 0 aromatic heterocycles. The molecule has 1 N–H and O–H groups in total. The van der Waals surface area contributed by atoms with E-state index in [0.29, 0.717) is 12.8 Å². The van der Waals surface area contributed by atoms with E-state index >= 15 is 0 Å². The Hall–Kier alpha value is -2.15. The van der Waals surface area contributed by atoms with E-state index in [1.54, 1.807) is 0 Å². The van der Waals surface area contributed by atoms with E-state index in [0.717, 1.165) is 11.3 Å². The monoisotopic (exact) mass is 410 g/mol. The molecule has 3 amide bonds. The first-order valence-corrected chi connectivity index (χ1v) is 9.63. The van der Waals surface area contributed by atoms with Crippen LogP contribution >= 0.6 is 11.6 Å². The zero-order chi connectivity index (χ0) is 20.7. The van der Waals surface area contributed by atoms with Gasteiger partial charge in [-0.1, -0.05) is 38.4 Å². The van der Waals surface area contributed by atoms with Gasteiger partial charge < -0.3 is 10.1 Å². The van der Waals surface area contributed by atoms with Crippen molar-refractivity contribution in [1.82, 2.24) is 10.2 Å². The Morgan fingerprint density at radius 2 is 2.07 bits per heavy atom. The predicted octanol–water partition coefficient (Wildman–Crippen LogP) is 3.66. The van der Waals surface area contributed by atoms with Crippen molar-refractivity contribution in [1.29, 1.82) is 0 Å². The van der Waals surface area contributed by atoms with E-state index in [-0.39, 0.29) is 28.5 Å². The molecule has 2 atom stereocenters. The molecule has 1 aromatic carbocycles. The third-order valence-corrected chi connectivity index (χ3v) is 5.70. The number of nitrogens with zero attached hydrogens (tertiary/aromatic N) is 1. The first kappa shape index (κ1) is 20.6. The van der Waals surface area contributed by atoms with Crippen LogP contribution in [0.4, 0.5) is 9.18 Å². The van der Waals surface area contributed by atoms with Gasteiger partial charge in [0.15, 0.2) is 0 Å². The van der Waals surface area contributed by atoms with Gasteiger partial charge >= 0.3 is 12.0 Å². The smallest absolute Gasteiger partial charge is 0.326 e. The summed E-state index contributed by atoms with van der Waals surface area (Å²) in [5.41, 5.74) is -1.03. The molecule has 6 nitrogen and oxygen atoms in total. The molecule has 3 rings (SSSR count). The largest absolute Gasteiger partial charge is 0.459 e. The highest BCUT2D eigenvalue weighted by molar-refractivity contribution is 6.31. The fourth-order valence-electron chi connectivity index (χ4n) is 4.65. The highest BCUT2D eigenvalue weighted by atomic mass is 35.5. The number of hydrogen-bond acceptors (Lipinski definition) is 4. The number of amides is 3. The second kappa shape index (κ2) is 7.35. The summed E-state index contributed by atoms with van der Waals surface area (Å²) in [6, 6.07) is 3.54. The highest BCUT2D eigenvalue weighted by Gasteiger charge is 2.56. The lowest BCUT2D eigenvalue weighted by atomic mass is 9.64. The summed E-state index contributed by atoms with van der Waals surface area (Å²) >= 11 is 5.91. The van der Waals surface area contributed by atoms with Crippen molar-refractivity contribution in [3.8, 4) is 0 Å². The van der Waals surface area contributed by atoms with E-state index in [9.17, 15) is 18.8 Å². The minimum atomic E-state index is -0.979. The van der Waals surface area contributed by atoms with Crippen LogP contribution in [-0.4, -0.2) is 34.9 Å². The lowest BCUT2D eigenvalue weighted by Crippen LogP contribution is -2.54. The molecule has 28 heavy (non-hydrogen) atoms. The van der Waals surface area contributed by atoms with E-state index < -0.39 is 35.8 Å². The fourth-order valence-corrected chi connectivity index (χ4v) is 4.86. The molecule has 152 valence electrons. The first-order chi connectivity index (χ1) is 13.0. The number of rotatable bonds is 4. The van der Waals surface area contributed by atoms with Crippen molar-refractivity contribution >= 4 is 29.5 Å². The van der Waals surface area contributed by atoms with Gasteiger partial charge in [0.2, 0.25) is 0 Å². The van der Waals surface area contributed by atoms with Gasteiger partial charge in [0.05, 0.1) is 5.02 Å². The lowest BCUT2D eigenvalue weighted by Gasteiger charge is -2.43. The van der Waals surface area contributed by atoms with Gasteiger partial charge in [-0.15, -0.1) is 0 Å². The number of carbonyl (C=O) groups excluding carboxylic acids is 3.